The molecule has 182 valence electrons. The van der Waals surface area contributed by atoms with Crippen molar-refractivity contribution in [2.24, 2.45) is 0 Å². The number of carboxylic acid groups (broad SMARTS) is 1. The van der Waals surface area contributed by atoms with Gasteiger partial charge in [0.05, 0.1) is 11.5 Å². The van der Waals surface area contributed by atoms with E-state index in [1.54, 1.807) is 24.3 Å². The molecule has 0 spiro atoms. The van der Waals surface area contributed by atoms with Crippen LogP contribution in [0, 0.1) is 5.82 Å². The number of carbonyl (C=O) groups is 1. The summed E-state index contributed by atoms with van der Waals surface area (Å²) in [6.07, 6.45) is -2.25. The van der Waals surface area contributed by atoms with Gasteiger partial charge in [0, 0.05) is 35.6 Å². The smallest absolute Gasteiger partial charge is 0.475 e. The Balaban J connectivity index is 0.000000509. The van der Waals surface area contributed by atoms with Crippen LogP contribution in [0.3, 0.4) is 0 Å². The molecule has 0 saturated heterocycles. The highest BCUT2D eigenvalue weighted by Gasteiger charge is 2.38. The second kappa shape index (κ2) is 11.0. The summed E-state index contributed by atoms with van der Waals surface area (Å²) in [7, 11) is -3.85. The zero-order chi connectivity index (χ0) is 25.5. The third-order valence-electron chi connectivity index (χ3n) is 4.09. The number of hydrogen-bond acceptors (Lipinski definition) is 7. The van der Waals surface area contributed by atoms with Crippen molar-refractivity contribution in [1.29, 1.82) is 0 Å². The van der Waals surface area contributed by atoms with Crippen LogP contribution in [-0.4, -0.2) is 53.9 Å². The number of aliphatic hydroxyl groups excluding tert-OH is 1. The maximum atomic E-state index is 14.7. The number of anilines is 1. The van der Waals surface area contributed by atoms with Crippen LogP contribution in [0.2, 0.25) is 0 Å². The predicted molar refractivity (Wildman–Crippen MR) is 113 cm³/mol. The van der Waals surface area contributed by atoms with Crippen molar-refractivity contribution in [3.05, 3.63) is 60.7 Å². The number of aliphatic carboxylic acids is 1. The highest BCUT2D eigenvalue weighted by Crippen LogP contribution is 2.31. The van der Waals surface area contributed by atoms with Crippen molar-refractivity contribution in [3.63, 3.8) is 0 Å². The molecule has 0 atom stereocenters. The molecular weight excluding hydrogens is 484 g/mol. The second-order valence-corrected chi connectivity index (χ2v) is 8.18. The molecule has 1 aromatic heterocycles. The Morgan fingerprint density at radius 2 is 1.62 bits per heavy atom. The largest absolute Gasteiger partial charge is 0.490 e. The Kier molecular flexibility index (Phi) is 8.62. The van der Waals surface area contributed by atoms with E-state index < -0.39 is 28.0 Å². The van der Waals surface area contributed by atoms with Gasteiger partial charge in [0.25, 0.3) is 0 Å². The van der Waals surface area contributed by atoms with E-state index in [1.807, 2.05) is 0 Å². The maximum Gasteiger partial charge on any atom is 0.490 e. The highest BCUT2D eigenvalue weighted by molar-refractivity contribution is 7.89. The van der Waals surface area contributed by atoms with Crippen molar-refractivity contribution in [1.82, 2.24) is 14.7 Å². The predicted octanol–water partition coefficient (Wildman–Crippen LogP) is 2.44. The van der Waals surface area contributed by atoms with Crippen LogP contribution in [0.5, 0.6) is 0 Å². The number of nitrogen functional groups attached to an aromatic ring is 1. The van der Waals surface area contributed by atoms with Crippen LogP contribution in [-0.2, 0) is 14.8 Å². The quantitative estimate of drug-likeness (QED) is 0.375. The molecule has 14 heteroatoms. The number of aromatic nitrogens is 2. The standard InChI is InChI=1S/C18H17FN4O3S.C2HF3O2/c19-16-9-12(5-6-14(16)13-10-21-18(20)22-11-13)15-3-1-2-4-17(15)27(25,26)23-7-8-24;3-2(4,5)1(6)7/h1-6,9-11,23-24H,7-8H2,(H2,20,21,22);(H,6,7). The van der Waals surface area contributed by atoms with Crippen molar-refractivity contribution in [2.75, 3.05) is 18.9 Å². The molecule has 0 aliphatic carbocycles. The molecule has 3 rings (SSSR count). The van der Waals surface area contributed by atoms with Crippen molar-refractivity contribution >= 4 is 21.9 Å². The fraction of sp³-hybridized carbons (Fsp3) is 0.150. The van der Waals surface area contributed by atoms with Gasteiger partial charge in [-0.1, -0.05) is 30.3 Å². The molecule has 0 saturated carbocycles. The van der Waals surface area contributed by atoms with Crippen LogP contribution in [0.25, 0.3) is 22.3 Å². The summed E-state index contributed by atoms with van der Waals surface area (Å²) in [4.78, 5) is 16.6. The van der Waals surface area contributed by atoms with E-state index >= 15 is 0 Å². The summed E-state index contributed by atoms with van der Waals surface area (Å²) in [5.74, 6) is -3.21. The molecule has 0 radical (unpaired) electrons. The zero-order valence-corrected chi connectivity index (χ0v) is 17.9. The van der Waals surface area contributed by atoms with Gasteiger partial charge in [-0.3, -0.25) is 0 Å². The first kappa shape index (κ1) is 26.6. The van der Waals surface area contributed by atoms with E-state index in [1.165, 1.54) is 30.6 Å². The van der Waals surface area contributed by atoms with E-state index in [9.17, 15) is 26.0 Å². The normalized spacial score (nSPS) is 11.4. The molecule has 34 heavy (non-hydrogen) atoms. The van der Waals surface area contributed by atoms with E-state index in [0.717, 1.165) is 0 Å². The van der Waals surface area contributed by atoms with Crippen molar-refractivity contribution in [2.45, 2.75) is 11.1 Å². The van der Waals surface area contributed by atoms with Crippen molar-refractivity contribution < 1.29 is 41.0 Å². The number of nitrogens with one attached hydrogen (secondary N) is 1. The van der Waals surface area contributed by atoms with Gasteiger partial charge in [-0.25, -0.2) is 32.3 Å². The Morgan fingerprint density at radius 1 is 1.03 bits per heavy atom. The molecule has 1 heterocycles. The first-order valence-electron chi connectivity index (χ1n) is 9.24. The van der Waals surface area contributed by atoms with Crippen LogP contribution in [0.15, 0.2) is 59.8 Å². The SMILES string of the molecule is Nc1ncc(-c2ccc(-c3ccccc3S(=O)(=O)NCCO)cc2F)cn1.O=C(O)C(F)(F)F. The molecule has 0 unspecified atom stereocenters. The van der Waals surface area contributed by atoms with Gasteiger partial charge in [0.2, 0.25) is 16.0 Å². The van der Waals surface area contributed by atoms with Crippen molar-refractivity contribution in [3.8, 4) is 22.3 Å². The summed E-state index contributed by atoms with van der Waals surface area (Å²) in [6, 6.07) is 10.7. The minimum Gasteiger partial charge on any atom is -0.475 e. The van der Waals surface area contributed by atoms with Crippen LogP contribution in [0.1, 0.15) is 0 Å². The number of rotatable bonds is 6. The van der Waals surface area contributed by atoms with Gasteiger partial charge >= 0.3 is 12.1 Å². The molecule has 0 bridgehead atoms. The Hall–Kier alpha value is -3.62. The minimum atomic E-state index is -5.08. The number of benzene rings is 2. The summed E-state index contributed by atoms with van der Waals surface area (Å²) >= 11 is 0. The van der Waals surface area contributed by atoms with Gasteiger partial charge < -0.3 is 15.9 Å². The van der Waals surface area contributed by atoms with Gasteiger partial charge in [-0.05, 0) is 17.7 Å². The molecule has 5 N–H and O–H groups in total. The highest BCUT2D eigenvalue weighted by atomic mass is 32.2. The van der Waals surface area contributed by atoms with Gasteiger partial charge in [-0.2, -0.15) is 13.2 Å². The number of nitrogens with zero attached hydrogens (tertiary/aromatic N) is 2. The Bertz CT molecular complexity index is 1250. The van der Waals surface area contributed by atoms with Crippen LogP contribution < -0.4 is 10.5 Å². The Labute approximate surface area is 191 Å². The lowest BCUT2D eigenvalue weighted by Crippen LogP contribution is -2.27. The van der Waals surface area contributed by atoms with E-state index in [-0.39, 0.29) is 29.6 Å². The molecular formula is C20H18F4N4O5S. The third-order valence-corrected chi connectivity index (χ3v) is 5.61. The van der Waals surface area contributed by atoms with Crippen LogP contribution in [0.4, 0.5) is 23.5 Å². The second-order valence-electron chi connectivity index (χ2n) is 6.45. The molecule has 2 aromatic carbocycles. The summed E-state index contributed by atoms with van der Waals surface area (Å²) in [5, 5.41) is 16.0. The lowest BCUT2D eigenvalue weighted by Gasteiger charge is -2.12. The number of nitrogens with two attached hydrogens (primary N) is 1. The number of aliphatic hydroxyl groups is 1. The first-order chi connectivity index (χ1) is 15.9. The maximum absolute atomic E-state index is 14.7. The van der Waals surface area contributed by atoms with Gasteiger partial charge in [0.1, 0.15) is 5.82 Å². The fourth-order valence-electron chi connectivity index (χ4n) is 2.59. The molecule has 0 aliphatic heterocycles. The summed E-state index contributed by atoms with van der Waals surface area (Å²) in [6.45, 7) is -0.435. The fourth-order valence-corrected chi connectivity index (χ4v) is 3.84. The first-order valence-corrected chi connectivity index (χ1v) is 10.7. The van der Waals surface area contributed by atoms with Gasteiger partial charge in [0.15, 0.2) is 0 Å². The third kappa shape index (κ3) is 6.94. The molecule has 3 aromatic rings. The molecule has 0 fully saturated rings. The van der Waals surface area contributed by atoms with E-state index in [4.69, 9.17) is 20.7 Å². The van der Waals surface area contributed by atoms with E-state index in [2.05, 4.69) is 14.7 Å². The number of carboxylic acids is 1. The Morgan fingerprint density at radius 3 is 2.15 bits per heavy atom. The average molecular weight is 502 g/mol. The topological polar surface area (TPSA) is 156 Å². The summed E-state index contributed by atoms with van der Waals surface area (Å²) < 4.78 is 73.6. The summed E-state index contributed by atoms with van der Waals surface area (Å²) in [5.41, 5.74) is 6.92. The monoisotopic (exact) mass is 502 g/mol. The average Bonchev–Trinajstić information content (AvgIpc) is 2.78. The zero-order valence-electron chi connectivity index (χ0n) is 17.1. The minimum absolute atomic E-state index is 0.00131. The number of hydrogen-bond donors (Lipinski definition) is 4. The van der Waals surface area contributed by atoms with Gasteiger partial charge in [-0.15, -0.1) is 0 Å². The number of alkyl halides is 3. The lowest BCUT2D eigenvalue weighted by atomic mass is 10.0. The number of sulfonamides is 1. The van der Waals surface area contributed by atoms with E-state index in [0.29, 0.717) is 16.7 Å². The number of halogens is 4. The van der Waals surface area contributed by atoms with Crippen LogP contribution >= 0.6 is 0 Å². The lowest BCUT2D eigenvalue weighted by molar-refractivity contribution is -0.192. The molecule has 9 nitrogen and oxygen atoms in total. The molecule has 0 amide bonds. The molecule has 0 aliphatic rings.